The van der Waals surface area contributed by atoms with E-state index in [2.05, 4.69) is 48.3 Å². The zero-order valence-corrected chi connectivity index (χ0v) is 35.0. The Morgan fingerprint density at radius 1 is 0.898 bits per heavy atom. The number of para-hydroxylation sites is 1. The van der Waals surface area contributed by atoms with Crippen molar-refractivity contribution in [3.05, 3.63) is 89.1 Å². The molecule has 1 atom stereocenters. The molecule has 4 N–H and O–H groups in total. The third-order valence-electron chi connectivity index (χ3n) is 11.0. The van der Waals surface area contributed by atoms with Crippen LogP contribution in [0.1, 0.15) is 47.5 Å². The number of methoxy groups -OCH3 is 1. The maximum atomic E-state index is 13.6. The van der Waals surface area contributed by atoms with E-state index in [0.717, 1.165) is 31.6 Å². The summed E-state index contributed by atoms with van der Waals surface area (Å²) in [7, 11) is -1.07. The van der Waals surface area contributed by atoms with Gasteiger partial charge in [0.2, 0.25) is 23.7 Å². The molecule has 3 saturated heterocycles. The predicted molar refractivity (Wildman–Crippen MR) is 229 cm³/mol. The van der Waals surface area contributed by atoms with Gasteiger partial charge in [0.05, 0.1) is 31.2 Å². The van der Waals surface area contributed by atoms with Crippen molar-refractivity contribution in [3.63, 3.8) is 0 Å². The molecule has 310 valence electrons. The average Bonchev–Trinajstić information content (AvgIpc) is 3.23. The molecular weight excluding hydrogens is 793 g/mol. The number of anilines is 5. The average molecular weight is 842 g/mol. The SMILES string of the molecule is COc1cc(C(=O)N2CCN(C(=O)CN3CCC(c4ccc(NC5CCC(=O)NC5=O)cc4)CC3)CC2)ccc1Nc1ncc(Cl)c(Nc2ccccc2P(C)(C)=O)n1. The summed E-state index contributed by atoms with van der Waals surface area (Å²) in [5, 5.41) is 12.9. The van der Waals surface area contributed by atoms with E-state index in [1.165, 1.54) is 18.9 Å². The van der Waals surface area contributed by atoms with Crippen molar-refractivity contribution in [2.45, 2.75) is 37.6 Å². The van der Waals surface area contributed by atoms with Crippen molar-refractivity contribution in [2.24, 2.45) is 0 Å². The van der Waals surface area contributed by atoms with E-state index in [0.29, 0.717) is 85.3 Å². The molecule has 17 heteroatoms. The van der Waals surface area contributed by atoms with Crippen molar-refractivity contribution in [3.8, 4) is 5.75 Å². The van der Waals surface area contributed by atoms with Crippen molar-refractivity contribution in [2.75, 3.05) is 82.2 Å². The highest BCUT2D eigenvalue weighted by molar-refractivity contribution is 7.70. The van der Waals surface area contributed by atoms with Gasteiger partial charge in [0, 0.05) is 49.2 Å². The molecule has 7 rings (SSSR count). The second-order valence-corrected chi connectivity index (χ2v) is 19.0. The number of imide groups is 1. The van der Waals surface area contributed by atoms with Crippen LogP contribution in [0, 0.1) is 0 Å². The van der Waals surface area contributed by atoms with Crippen LogP contribution in [-0.2, 0) is 18.9 Å². The highest BCUT2D eigenvalue weighted by atomic mass is 35.5. The standard InChI is InChI=1S/C42H49ClN9O6P/c1-58-35-24-29(10-13-32(35)47-42-44-25-31(43)39(49-42)46-33-6-4-5-7-36(33)59(2,3)57)41(56)52-22-20-51(21-23-52)38(54)26-50-18-16-28(17-19-50)27-8-11-30(12-9-27)45-34-14-15-37(53)48-40(34)55/h4-13,24-25,28,34,45H,14-23,26H2,1-3H3,(H,48,53,55)(H2,44,46,47,49). The summed E-state index contributed by atoms with van der Waals surface area (Å²) in [6.45, 7) is 7.15. The van der Waals surface area contributed by atoms with E-state index in [1.54, 1.807) is 36.4 Å². The summed E-state index contributed by atoms with van der Waals surface area (Å²) in [6.07, 6.45) is 4.16. The van der Waals surface area contributed by atoms with Crippen LogP contribution in [-0.4, -0.2) is 121 Å². The minimum Gasteiger partial charge on any atom is -0.495 e. The summed E-state index contributed by atoms with van der Waals surface area (Å²) < 4.78 is 18.5. The Kier molecular flexibility index (Phi) is 12.8. The maximum Gasteiger partial charge on any atom is 0.254 e. The second-order valence-electron chi connectivity index (χ2n) is 15.4. The monoisotopic (exact) mass is 841 g/mol. The van der Waals surface area contributed by atoms with Gasteiger partial charge in [0.1, 0.15) is 24.0 Å². The van der Waals surface area contributed by atoms with Crippen molar-refractivity contribution in [1.82, 2.24) is 30.0 Å². The molecule has 0 radical (unpaired) electrons. The number of amides is 4. The van der Waals surface area contributed by atoms with E-state index >= 15 is 0 Å². The Bertz CT molecular complexity index is 2260. The molecule has 59 heavy (non-hydrogen) atoms. The lowest BCUT2D eigenvalue weighted by Crippen LogP contribution is -2.53. The maximum absolute atomic E-state index is 13.6. The molecule has 1 unspecified atom stereocenters. The number of nitrogens with zero attached hydrogens (tertiary/aromatic N) is 5. The Labute approximate surface area is 348 Å². The Morgan fingerprint density at radius 3 is 2.31 bits per heavy atom. The lowest BCUT2D eigenvalue weighted by atomic mass is 9.89. The third-order valence-corrected chi connectivity index (χ3v) is 12.8. The summed E-state index contributed by atoms with van der Waals surface area (Å²) in [6, 6.07) is 20.2. The minimum atomic E-state index is -2.58. The van der Waals surface area contributed by atoms with E-state index in [-0.39, 0.29) is 34.6 Å². The molecule has 0 aliphatic carbocycles. The number of piperidine rings is 2. The van der Waals surface area contributed by atoms with E-state index in [1.807, 2.05) is 41.3 Å². The number of rotatable bonds is 12. The van der Waals surface area contributed by atoms with Crippen LogP contribution in [0.25, 0.3) is 0 Å². The number of likely N-dealkylation sites (tertiary alicyclic amines) is 1. The molecule has 4 aromatic rings. The summed E-state index contributed by atoms with van der Waals surface area (Å²) >= 11 is 6.44. The van der Waals surface area contributed by atoms with Gasteiger partial charge in [-0.05, 0) is 99.6 Å². The van der Waals surface area contributed by atoms with Crippen LogP contribution >= 0.6 is 18.7 Å². The number of piperazine rings is 1. The zero-order valence-electron chi connectivity index (χ0n) is 33.4. The minimum absolute atomic E-state index is 0.0687. The number of hydrogen-bond donors (Lipinski definition) is 4. The first kappa shape index (κ1) is 41.7. The fourth-order valence-electron chi connectivity index (χ4n) is 7.68. The predicted octanol–water partition coefficient (Wildman–Crippen LogP) is 5.25. The second kappa shape index (κ2) is 18.2. The quantitative estimate of drug-likeness (QED) is 0.108. The molecule has 4 amide bonds. The number of carbonyl (C=O) groups is 4. The Hall–Kier alpha value is -5.50. The van der Waals surface area contributed by atoms with Gasteiger partial charge in [-0.25, -0.2) is 4.98 Å². The Balaban J connectivity index is 0.876. The van der Waals surface area contributed by atoms with Crippen LogP contribution in [0.4, 0.5) is 28.8 Å². The largest absolute Gasteiger partial charge is 0.495 e. The number of benzene rings is 3. The normalized spacial score (nSPS) is 17.9. The lowest BCUT2D eigenvalue weighted by molar-refractivity contribution is -0.135. The van der Waals surface area contributed by atoms with Gasteiger partial charge < -0.3 is 35.1 Å². The molecule has 3 aliphatic rings. The van der Waals surface area contributed by atoms with Gasteiger partial charge in [-0.3, -0.25) is 29.4 Å². The fourth-order valence-corrected chi connectivity index (χ4v) is 8.97. The number of carbonyl (C=O) groups excluding carboxylic acids is 4. The zero-order chi connectivity index (χ0) is 41.7. The van der Waals surface area contributed by atoms with E-state index in [9.17, 15) is 23.7 Å². The van der Waals surface area contributed by atoms with Crippen LogP contribution in [0.2, 0.25) is 5.02 Å². The smallest absolute Gasteiger partial charge is 0.254 e. The first-order valence-electron chi connectivity index (χ1n) is 19.7. The van der Waals surface area contributed by atoms with Crippen LogP contribution in [0.5, 0.6) is 5.75 Å². The summed E-state index contributed by atoms with van der Waals surface area (Å²) in [4.78, 5) is 65.2. The Morgan fingerprint density at radius 2 is 1.61 bits per heavy atom. The molecule has 15 nitrogen and oxygen atoms in total. The highest BCUT2D eigenvalue weighted by Crippen LogP contribution is 2.39. The number of hydrogen-bond acceptors (Lipinski definition) is 12. The highest BCUT2D eigenvalue weighted by Gasteiger charge is 2.29. The molecule has 3 aromatic carbocycles. The van der Waals surface area contributed by atoms with Gasteiger partial charge in [-0.1, -0.05) is 35.9 Å². The molecule has 3 fully saturated rings. The number of halogens is 1. The molecule has 0 spiro atoms. The van der Waals surface area contributed by atoms with Crippen molar-refractivity contribution in [1.29, 1.82) is 0 Å². The van der Waals surface area contributed by atoms with Crippen LogP contribution < -0.4 is 31.3 Å². The first-order chi connectivity index (χ1) is 28.3. The topological polar surface area (TPSA) is 178 Å². The summed E-state index contributed by atoms with van der Waals surface area (Å²) in [5.74, 6) is 0.775. The first-order valence-corrected chi connectivity index (χ1v) is 22.7. The third kappa shape index (κ3) is 10.2. The van der Waals surface area contributed by atoms with E-state index in [4.69, 9.17) is 16.3 Å². The van der Waals surface area contributed by atoms with Gasteiger partial charge in [-0.2, -0.15) is 4.98 Å². The van der Waals surface area contributed by atoms with Gasteiger partial charge in [0.15, 0.2) is 5.82 Å². The fraction of sp³-hybridized carbons (Fsp3) is 0.381. The molecule has 1 aromatic heterocycles. The van der Waals surface area contributed by atoms with Gasteiger partial charge >= 0.3 is 0 Å². The van der Waals surface area contributed by atoms with Crippen molar-refractivity contribution >= 4 is 76.5 Å². The number of nitrogens with one attached hydrogen (secondary N) is 4. The number of aromatic nitrogens is 2. The molecule has 0 bridgehead atoms. The van der Waals surface area contributed by atoms with E-state index < -0.39 is 13.2 Å². The van der Waals surface area contributed by atoms with Crippen molar-refractivity contribution < 1.29 is 28.5 Å². The molecule has 3 aliphatic heterocycles. The number of ether oxygens (including phenoxy) is 1. The van der Waals surface area contributed by atoms with Crippen LogP contribution in [0.15, 0.2) is 72.9 Å². The molecule has 0 saturated carbocycles. The lowest BCUT2D eigenvalue weighted by Gasteiger charge is -2.37. The summed E-state index contributed by atoms with van der Waals surface area (Å²) in [5.41, 5.74) is 3.71. The van der Waals surface area contributed by atoms with Crippen LogP contribution in [0.3, 0.4) is 0 Å². The van der Waals surface area contributed by atoms with Gasteiger partial charge in [-0.15, -0.1) is 0 Å². The molecular formula is C42H49ClN9O6P. The van der Waals surface area contributed by atoms with Gasteiger partial charge in [0.25, 0.3) is 5.91 Å². The molecule has 4 heterocycles.